The molecule has 0 aromatic heterocycles. The molecule has 0 spiro atoms. The maximum atomic E-state index is 10.7. The van der Waals surface area contributed by atoms with Crippen molar-refractivity contribution in [1.29, 1.82) is 0 Å². The van der Waals surface area contributed by atoms with Crippen LogP contribution in [0.3, 0.4) is 0 Å². The number of nitrogens with zero attached hydrogens (tertiary/aromatic N) is 2. The normalized spacial score (nSPS) is 21.3. The molecule has 1 aliphatic heterocycles. The van der Waals surface area contributed by atoms with Crippen molar-refractivity contribution in [2.24, 2.45) is 0 Å². The highest BCUT2D eigenvalue weighted by Gasteiger charge is 2.37. The molecule has 0 aromatic carbocycles. The molecular formula is C5H11ClN2O3S. The minimum atomic E-state index is -3.52. The summed E-state index contributed by atoms with van der Waals surface area (Å²) in [6, 6.07) is 0.114. The summed E-state index contributed by atoms with van der Waals surface area (Å²) in [6.45, 7) is 0.798. The third-order valence-corrected chi connectivity index (χ3v) is 3.44. The first-order chi connectivity index (χ1) is 5.45. The SMILES string of the molecule is CON(C)C1CN(S(=O)(=O)Cl)C1. The lowest BCUT2D eigenvalue weighted by molar-refractivity contribution is -0.162. The maximum absolute atomic E-state index is 10.7. The van der Waals surface area contributed by atoms with Crippen LogP contribution in [0, 0.1) is 0 Å². The third-order valence-electron chi connectivity index (χ3n) is 1.94. The highest BCUT2D eigenvalue weighted by atomic mass is 35.7. The van der Waals surface area contributed by atoms with Gasteiger partial charge in [-0.2, -0.15) is 17.8 Å². The van der Waals surface area contributed by atoms with Crippen molar-refractivity contribution in [2.75, 3.05) is 27.2 Å². The fourth-order valence-electron chi connectivity index (χ4n) is 0.974. The summed E-state index contributed by atoms with van der Waals surface area (Å²) in [5.41, 5.74) is 0. The monoisotopic (exact) mass is 214 g/mol. The van der Waals surface area contributed by atoms with Crippen molar-refractivity contribution in [3.05, 3.63) is 0 Å². The van der Waals surface area contributed by atoms with E-state index in [0.29, 0.717) is 13.1 Å². The molecule has 0 aliphatic carbocycles. The van der Waals surface area contributed by atoms with Gasteiger partial charge >= 0.3 is 0 Å². The molecule has 5 nitrogen and oxygen atoms in total. The molecule has 1 fully saturated rings. The molecule has 1 saturated heterocycles. The summed E-state index contributed by atoms with van der Waals surface area (Å²) in [6.07, 6.45) is 0. The Morgan fingerprint density at radius 3 is 2.42 bits per heavy atom. The number of hydrogen-bond acceptors (Lipinski definition) is 4. The Kier molecular flexibility index (Phi) is 2.95. The second-order valence-electron chi connectivity index (χ2n) is 2.64. The average Bonchev–Trinajstić information content (AvgIpc) is 1.80. The van der Waals surface area contributed by atoms with Gasteiger partial charge in [0.1, 0.15) is 0 Å². The first kappa shape index (κ1) is 10.2. The van der Waals surface area contributed by atoms with E-state index in [-0.39, 0.29) is 6.04 Å². The second kappa shape index (κ2) is 3.47. The summed E-state index contributed by atoms with van der Waals surface area (Å²) in [5, 5.41) is 1.61. The number of halogens is 1. The highest BCUT2D eigenvalue weighted by molar-refractivity contribution is 8.11. The zero-order chi connectivity index (χ0) is 9.35. The summed E-state index contributed by atoms with van der Waals surface area (Å²) < 4.78 is 22.6. The standard InChI is InChI=1S/C5H11ClN2O3S/c1-7(11-2)5-3-8(4-5)12(6,9)10/h5H,3-4H2,1-2H3. The van der Waals surface area contributed by atoms with E-state index >= 15 is 0 Å². The number of likely N-dealkylation sites (N-methyl/N-ethyl adjacent to an activating group) is 1. The molecule has 12 heavy (non-hydrogen) atoms. The molecule has 1 heterocycles. The summed E-state index contributed by atoms with van der Waals surface area (Å²) in [4.78, 5) is 4.88. The Morgan fingerprint density at radius 2 is 2.08 bits per heavy atom. The van der Waals surface area contributed by atoms with Crippen LogP contribution in [-0.4, -0.2) is 51.1 Å². The topological polar surface area (TPSA) is 49.9 Å². The van der Waals surface area contributed by atoms with Crippen LogP contribution in [0.1, 0.15) is 0 Å². The molecule has 0 amide bonds. The van der Waals surface area contributed by atoms with Crippen LogP contribution in [-0.2, 0) is 14.1 Å². The lowest BCUT2D eigenvalue weighted by Gasteiger charge is -2.40. The lowest BCUT2D eigenvalue weighted by Crippen LogP contribution is -2.58. The molecule has 0 radical (unpaired) electrons. The molecule has 0 bridgehead atoms. The molecule has 0 saturated carbocycles. The van der Waals surface area contributed by atoms with Crippen molar-refractivity contribution < 1.29 is 13.3 Å². The molecule has 0 N–H and O–H groups in total. The summed E-state index contributed by atoms with van der Waals surface area (Å²) >= 11 is 0. The molecule has 72 valence electrons. The zero-order valence-corrected chi connectivity index (χ0v) is 8.47. The maximum Gasteiger partial charge on any atom is 0.299 e. The molecular weight excluding hydrogens is 204 g/mol. The predicted molar refractivity (Wildman–Crippen MR) is 44.9 cm³/mol. The largest absolute Gasteiger partial charge is 0.302 e. The van der Waals surface area contributed by atoms with Gasteiger partial charge in [-0.15, -0.1) is 0 Å². The smallest absolute Gasteiger partial charge is 0.299 e. The van der Waals surface area contributed by atoms with Crippen LogP contribution >= 0.6 is 10.7 Å². The van der Waals surface area contributed by atoms with Crippen molar-refractivity contribution >= 4 is 19.9 Å². The fourth-order valence-corrected chi connectivity index (χ4v) is 2.01. The Labute approximate surface area is 76.3 Å². The van der Waals surface area contributed by atoms with Gasteiger partial charge in [0, 0.05) is 30.8 Å². The van der Waals surface area contributed by atoms with Crippen molar-refractivity contribution in [2.45, 2.75) is 6.04 Å². The number of hydroxylamine groups is 2. The van der Waals surface area contributed by atoms with E-state index < -0.39 is 9.24 Å². The molecule has 0 unspecified atom stereocenters. The first-order valence-electron chi connectivity index (χ1n) is 3.42. The highest BCUT2D eigenvalue weighted by Crippen LogP contribution is 2.19. The molecule has 0 atom stereocenters. The molecule has 1 rings (SSSR count). The number of rotatable bonds is 3. The minimum Gasteiger partial charge on any atom is -0.302 e. The Balaban J connectivity index is 2.39. The molecule has 7 heteroatoms. The van der Waals surface area contributed by atoms with E-state index in [2.05, 4.69) is 0 Å². The van der Waals surface area contributed by atoms with Crippen LogP contribution in [0.15, 0.2) is 0 Å². The van der Waals surface area contributed by atoms with Gasteiger partial charge in [0.05, 0.1) is 13.2 Å². The van der Waals surface area contributed by atoms with Crippen LogP contribution in [0.25, 0.3) is 0 Å². The van der Waals surface area contributed by atoms with E-state index in [0.717, 1.165) is 0 Å². The molecule has 1 aliphatic rings. The van der Waals surface area contributed by atoms with Gasteiger partial charge in [0.25, 0.3) is 9.24 Å². The minimum absolute atomic E-state index is 0.114. The lowest BCUT2D eigenvalue weighted by atomic mass is 10.2. The van der Waals surface area contributed by atoms with Gasteiger partial charge in [-0.05, 0) is 0 Å². The van der Waals surface area contributed by atoms with Crippen LogP contribution < -0.4 is 0 Å². The third kappa shape index (κ3) is 2.08. The van der Waals surface area contributed by atoms with Crippen molar-refractivity contribution in [1.82, 2.24) is 9.37 Å². The van der Waals surface area contributed by atoms with E-state index in [1.54, 1.807) is 12.1 Å². The van der Waals surface area contributed by atoms with E-state index in [1.165, 1.54) is 11.4 Å². The van der Waals surface area contributed by atoms with Crippen molar-refractivity contribution in [3.63, 3.8) is 0 Å². The van der Waals surface area contributed by atoms with Gasteiger partial charge in [-0.3, -0.25) is 0 Å². The Hall–Kier alpha value is 0.120. The summed E-state index contributed by atoms with van der Waals surface area (Å²) in [5.74, 6) is 0. The van der Waals surface area contributed by atoms with Gasteiger partial charge in [-0.1, -0.05) is 0 Å². The van der Waals surface area contributed by atoms with Crippen molar-refractivity contribution in [3.8, 4) is 0 Å². The quantitative estimate of drug-likeness (QED) is 0.476. The van der Waals surface area contributed by atoms with E-state index in [9.17, 15) is 8.42 Å². The van der Waals surface area contributed by atoms with E-state index in [1.807, 2.05) is 0 Å². The molecule has 0 aromatic rings. The summed E-state index contributed by atoms with van der Waals surface area (Å²) in [7, 11) is 4.86. The predicted octanol–water partition coefficient (Wildman–Crippen LogP) is -0.353. The van der Waals surface area contributed by atoms with Gasteiger partial charge in [0.2, 0.25) is 0 Å². The Bertz CT molecular complexity index is 249. The van der Waals surface area contributed by atoms with Gasteiger partial charge in [-0.25, -0.2) is 0 Å². The van der Waals surface area contributed by atoms with Crippen LogP contribution in [0.2, 0.25) is 0 Å². The van der Waals surface area contributed by atoms with Gasteiger partial charge < -0.3 is 4.84 Å². The number of hydrogen-bond donors (Lipinski definition) is 0. The average molecular weight is 215 g/mol. The van der Waals surface area contributed by atoms with Gasteiger partial charge in [0.15, 0.2) is 0 Å². The fraction of sp³-hybridized carbons (Fsp3) is 1.00. The van der Waals surface area contributed by atoms with Crippen LogP contribution in [0.5, 0.6) is 0 Å². The second-order valence-corrected chi connectivity index (χ2v) is 5.15. The van der Waals surface area contributed by atoms with E-state index in [4.69, 9.17) is 15.5 Å². The van der Waals surface area contributed by atoms with Crippen LogP contribution in [0.4, 0.5) is 0 Å². The Morgan fingerprint density at radius 1 is 1.58 bits per heavy atom. The zero-order valence-electron chi connectivity index (χ0n) is 6.90. The first-order valence-corrected chi connectivity index (χ1v) is 5.68.